The molecule has 1 unspecified atom stereocenters. The standard InChI is InChI=1S/C11H19ClN2S/c1-9(10-7-11(12)15-8-10)14(3)6-4-5-13-2/h7-9,13H,4-6H2,1-3H3. The first kappa shape index (κ1) is 13.0. The Hall–Kier alpha value is -0.0900. The normalized spacial score (nSPS) is 13.4. The van der Waals surface area contributed by atoms with Gasteiger partial charge in [-0.3, -0.25) is 4.90 Å². The highest BCUT2D eigenvalue weighted by atomic mass is 35.5. The molecular formula is C11H19ClN2S. The zero-order valence-electron chi connectivity index (χ0n) is 9.59. The SMILES string of the molecule is CNCCCN(C)C(C)c1csc(Cl)c1. The molecule has 1 atom stereocenters. The lowest BCUT2D eigenvalue weighted by molar-refractivity contribution is 0.258. The van der Waals surface area contributed by atoms with E-state index in [2.05, 4.69) is 35.6 Å². The molecule has 0 aliphatic heterocycles. The first-order valence-corrected chi connectivity index (χ1v) is 6.49. The molecule has 86 valence electrons. The number of rotatable bonds is 6. The van der Waals surface area contributed by atoms with Crippen LogP contribution in [0.2, 0.25) is 4.34 Å². The Bertz CT molecular complexity index is 288. The van der Waals surface area contributed by atoms with Crippen LogP contribution in [0.25, 0.3) is 0 Å². The monoisotopic (exact) mass is 246 g/mol. The van der Waals surface area contributed by atoms with Gasteiger partial charge in [0.05, 0.1) is 4.34 Å². The largest absolute Gasteiger partial charge is 0.320 e. The van der Waals surface area contributed by atoms with Gasteiger partial charge in [-0.25, -0.2) is 0 Å². The van der Waals surface area contributed by atoms with Gasteiger partial charge in [0.2, 0.25) is 0 Å². The van der Waals surface area contributed by atoms with E-state index >= 15 is 0 Å². The Kier molecular flexibility index (Phi) is 5.61. The smallest absolute Gasteiger partial charge is 0.0931 e. The number of thiophene rings is 1. The Morgan fingerprint density at radius 2 is 2.33 bits per heavy atom. The third-order valence-electron chi connectivity index (χ3n) is 2.67. The summed E-state index contributed by atoms with van der Waals surface area (Å²) in [5, 5.41) is 5.30. The molecular weight excluding hydrogens is 228 g/mol. The molecule has 0 bridgehead atoms. The summed E-state index contributed by atoms with van der Waals surface area (Å²) in [5.74, 6) is 0. The van der Waals surface area contributed by atoms with Crippen LogP contribution in [-0.2, 0) is 0 Å². The van der Waals surface area contributed by atoms with Crippen LogP contribution in [0, 0.1) is 0 Å². The molecule has 0 saturated heterocycles. The fraction of sp³-hybridized carbons (Fsp3) is 0.636. The van der Waals surface area contributed by atoms with E-state index < -0.39 is 0 Å². The van der Waals surface area contributed by atoms with Crippen molar-refractivity contribution < 1.29 is 0 Å². The molecule has 1 heterocycles. The maximum atomic E-state index is 5.93. The van der Waals surface area contributed by atoms with Crippen molar-refractivity contribution >= 4 is 22.9 Å². The minimum atomic E-state index is 0.450. The van der Waals surface area contributed by atoms with Gasteiger partial charge in [-0.15, -0.1) is 11.3 Å². The van der Waals surface area contributed by atoms with E-state index in [4.69, 9.17) is 11.6 Å². The summed E-state index contributed by atoms with van der Waals surface area (Å²) in [6.07, 6.45) is 1.18. The Labute approximate surface area is 101 Å². The number of hydrogen-bond acceptors (Lipinski definition) is 3. The van der Waals surface area contributed by atoms with Crippen LogP contribution in [0.4, 0.5) is 0 Å². The van der Waals surface area contributed by atoms with E-state index in [0.717, 1.165) is 17.4 Å². The molecule has 0 radical (unpaired) electrons. The molecule has 1 aromatic rings. The quantitative estimate of drug-likeness (QED) is 0.777. The Morgan fingerprint density at radius 3 is 2.87 bits per heavy atom. The van der Waals surface area contributed by atoms with Crippen LogP contribution in [0.15, 0.2) is 11.4 Å². The fourth-order valence-corrected chi connectivity index (χ4v) is 2.47. The van der Waals surface area contributed by atoms with Crippen molar-refractivity contribution in [1.29, 1.82) is 0 Å². The summed E-state index contributed by atoms with van der Waals surface area (Å²) in [6.45, 7) is 4.40. The average molecular weight is 247 g/mol. The van der Waals surface area contributed by atoms with Crippen LogP contribution in [0.5, 0.6) is 0 Å². The highest BCUT2D eigenvalue weighted by Gasteiger charge is 2.12. The second-order valence-electron chi connectivity index (χ2n) is 3.80. The predicted octanol–water partition coefficient (Wildman–Crippen LogP) is 3.00. The molecule has 1 N–H and O–H groups in total. The van der Waals surface area contributed by atoms with E-state index in [1.54, 1.807) is 11.3 Å². The number of nitrogens with one attached hydrogen (secondary N) is 1. The lowest BCUT2D eigenvalue weighted by Crippen LogP contribution is -2.25. The second-order valence-corrected chi connectivity index (χ2v) is 5.34. The van der Waals surface area contributed by atoms with E-state index in [1.807, 2.05) is 7.05 Å². The van der Waals surface area contributed by atoms with Gasteiger partial charge < -0.3 is 5.32 Å². The predicted molar refractivity (Wildman–Crippen MR) is 68.9 cm³/mol. The van der Waals surface area contributed by atoms with Crippen LogP contribution in [-0.4, -0.2) is 32.1 Å². The first-order chi connectivity index (χ1) is 7.15. The minimum Gasteiger partial charge on any atom is -0.320 e. The molecule has 0 aromatic carbocycles. The number of nitrogens with zero attached hydrogens (tertiary/aromatic N) is 1. The van der Waals surface area contributed by atoms with Gasteiger partial charge in [-0.1, -0.05) is 11.6 Å². The molecule has 0 fully saturated rings. The van der Waals surface area contributed by atoms with E-state index in [1.165, 1.54) is 12.0 Å². The van der Waals surface area contributed by atoms with Gasteiger partial charge in [0.25, 0.3) is 0 Å². The van der Waals surface area contributed by atoms with Crippen molar-refractivity contribution in [2.45, 2.75) is 19.4 Å². The van der Waals surface area contributed by atoms with Crippen LogP contribution >= 0.6 is 22.9 Å². The highest BCUT2D eigenvalue weighted by Crippen LogP contribution is 2.27. The van der Waals surface area contributed by atoms with Crippen molar-refractivity contribution in [3.05, 3.63) is 21.3 Å². The summed E-state index contributed by atoms with van der Waals surface area (Å²) in [5.41, 5.74) is 1.32. The van der Waals surface area contributed by atoms with Crippen molar-refractivity contribution in [2.24, 2.45) is 0 Å². The van der Waals surface area contributed by atoms with Crippen LogP contribution in [0.1, 0.15) is 24.9 Å². The van der Waals surface area contributed by atoms with E-state index in [-0.39, 0.29) is 0 Å². The number of hydrogen-bond donors (Lipinski definition) is 1. The molecule has 0 saturated carbocycles. The van der Waals surface area contributed by atoms with Crippen molar-refractivity contribution in [3.63, 3.8) is 0 Å². The third kappa shape index (κ3) is 4.11. The average Bonchev–Trinajstić information content (AvgIpc) is 2.64. The van der Waals surface area contributed by atoms with Gasteiger partial charge in [0.1, 0.15) is 0 Å². The summed E-state index contributed by atoms with van der Waals surface area (Å²) >= 11 is 7.53. The van der Waals surface area contributed by atoms with Gasteiger partial charge in [-0.05, 0) is 57.5 Å². The molecule has 0 spiro atoms. The van der Waals surface area contributed by atoms with Gasteiger partial charge >= 0.3 is 0 Å². The van der Waals surface area contributed by atoms with Crippen molar-refractivity contribution in [3.8, 4) is 0 Å². The van der Waals surface area contributed by atoms with Gasteiger partial charge in [0, 0.05) is 6.04 Å². The zero-order valence-corrected chi connectivity index (χ0v) is 11.2. The lowest BCUT2D eigenvalue weighted by Gasteiger charge is -2.23. The molecule has 1 aromatic heterocycles. The summed E-state index contributed by atoms with van der Waals surface area (Å²) in [7, 11) is 4.15. The summed E-state index contributed by atoms with van der Waals surface area (Å²) in [6, 6.07) is 2.51. The Morgan fingerprint density at radius 1 is 1.60 bits per heavy atom. The minimum absolute atomic E-state index is 0.450. The Balaban J connectivity index is 2.42. The van der Waals surface area contributed by atoms with Crippen LogP contribution < -0.4 is 5.32 Å². The maximum Gasteiger partial charge on any atom is 0.0931 e. The van der Waals surface area contributed by atoms with Crippen molar-refractivity contribution in [1.82, 2.24) is 10.2 Å². The molecule has 4 heteroatoms. The zero-order chi connectivity index (χ0) is 11.3. The van der Waals surface area contributed by atoms with Gasteiger partial charge in [0.15, 0.2) is 0 Å². The lowest BCUT2D eigenvalue weighted by atomic mass is 10.1. The summed E-state index contributed by atoms with van der Waals surface area (Å²) in [4.78, 5) is 2.36. The van der Waals surface area contributed by atoms with Crippen LogP contribution in [0.3, 0.4) is 0 Å². The third-order valence-corrected chi connectivity index (χ3v) is 3.78. The molecule has 1 rings (SSSR count). The van der Waals surface area contributed by atoms with Crippen molar-refractivity contribution in [2.75, 3.05) is 27.2 Å². The van der Waals surface area contributed by atoms with Gasteiger partial charge in [-0.2, -0.15) is 0 Å². The number of halogens is 1. The second kappa shape index (κ2) is 6.48. The fourth-order valence-electron chi connectivity index (χ4n) is 1.50. The first-order valence-electron chi connectivity index (χ1n) is 5.24. The molecule has 15 heavy (non-hydrogen) atoms. The molecule has 0 aliphatic rings. The van der Waals surface area contributed by atoms with E-state index in [0.29, 0.717) is 6.04 Å². The maximum absolute atomic E-state index is 5.93. The molecule has 0 aliphatic carbocycles. The van der Waals surface area contributed by atoms with E-state index in [9.17, 15) is 0 Å². The highest BCUT2D eigenvalue weighted by molar-refractivity contribution is 7.14. The molecule has 2 nitrogen and oxygen atoms in total. The summed E-state index contributed by atoms with van der Waals surface area (Å²) < 4.78 is 0.875. The topological polar surface area (TPSA) is 15.3 Å². The molecule has 0 amide bonds.